The van der Waals surface area contributed by atoms with Crippen LogP contribution >= 0.6 is 0 Å². The molecule has 4 aromatic rings. The Morgan fingerprint density at radius 1 is 1.10 bits per heavy atom. The van der Waals surface area contributed by atoms with Crippen LogP contribution in [0.25, 0.3) is 16.9 Å². The number of nitrogens with zero attached hydrogens (tertiary/aromatic N) is 4. The second-order valence-corrected chi connectivity index (χ2v) is 6.69. The van der Waals surface area contributed by atoms with Gasteiger partial charge in [0.05, 0.1) is 17.1 Å². The van der Waals surface area contributed by atoms with E-state index in [1.165, 1.54) is 0 Å². The van der Waals surface area contributed by atoms with Crippen molar-refractivity contribution in [1.82, 2.24) is 24.8 Å². The molecule has 0 radical (unpaired) electrons. The Kier molecular flexibility index (Phi) is 5.20. The van der Waals surface area contributed by atoms with E-state index in [0.717, 1.165) is 22.4 Å². The fourth-order valence-electron chi connectivity index (χ4n) is 3.18. The van der Waals surface area contributed by atoms with E-state index in [1.54, 1.807) is 12.5 Å². The van der Waals surface area contributed by atoms with Crippen LogP contribution in [0.2, 0.25) is 0 Å². The van der Waals surface area contributed by atoms with Crippen molar-refractivity contribution in [2.45, 2.75) is 19.9 Å². The Morgan fingerprint density at radius 3 is 2.83 bits per heavy atom. The van der Waals surface area contributed by atoms with E-state index >= 15 is 0 Å². The zero-order valence-electron chi connectivity index (χ0n) is 16.3. The minimum Gasteiger partial charge on any atom is -0.352 e. The van der Waals surface area contributed by atoms with Crippen LogP contribution in [0.4, 0.5) is 5.95 Å². The Bertz CT molecular complexity index is 1150. The molecule has 2 aromatic carbocycles. The summed E-state index contributed by atoms with van der Waals surface area (Å²) in [7, 11) is 0. The van der Waals surface area contributed by atoms with Gasteiger partial charge in [-0.1, -0.05) is 24.3 Å². The van der Waals surface area contributed by atoms with Crippen molar-refractivity contribution in [1.29, 1.82) is 0 Å². The molecule has 2 N–H and O–H groups in total. The fraction of sp³-hybridized carbons (Fsp3) is 0.182. The van der Waals surface area contributed by atoms with Crippen LogP contribution < -0.4 is 10.6 Å². The van der Waals surface area contributed by atoms with E-state index in [4.69, 9.17) is 0 Å². The van der Waals surface area contributed by atoms with Crippen molar-refractivity contribution < 1.29 is 4.79 Å². The van der Waals surface area contributed by atoms with Gasteiger partial charge in [-0.25, -0.2) is 9.97 Å². The van der Waals surface area contributed by atoms with Crippen LogP contribution in [0.3, 0.4) is 0 Å². The second kappa shape index (κ2) is 8.10. The van der Waals surface area contributed by atoms with Gasteiger partial charge in [0.1, 0.15) is 12.1 Å². The normalized spacial score (nSPS) is 11.9. The number of imidazole rings is 1. The summed E-state index contributed by atoms with van der Waals surface area (Å²) in [4.78, 5) is 25.5. The number of hydrogen-bond acceptors (Lipinski definition) is 5. The molecule has 29 heavy (non-hydrogen) atoms. The number of aromatic nitrogens is 4. The van der Waals surface area contributed by atoms with Gasteiger partial charge in [-0.2, -0.15) is 4.98 Å². The van der Waals surface area contributed by atoms with Crippen LogP contribution in [-0.2, 0) is 0 Å². The highest BCUT2D eigenvalue weighted by molar-refractivity contribution is 5.94. The van der Waals surface area contributed by atoms with Gasteiger partial charge in [0.15, 0.2) is 0 Å². The molecule has 0 unspecified atom stereocenters. The maximum Gasteiger partial charge on any atom is 0.251 e. The number of nitrogens with one attached hydrogen (secondary N) is 2. The van der Waals surface area contributed by atoms with Gasteiger partial charge in [0, 0.05) is 18.3 Å². The zero-order chi connectivity index (χ0) is 20.2. The van der Waals surface area contributed by atoms with E-state index in [0.29, 0.717) is 18.1 Å². The molecule has 4 rings (SSSR count). The minimum absolute atomic E-state index is 0.0702. The maximum atomic E-state index is 12.1. The third kappa shape index (κ3) is 3.94. The van der Waals surface area contributed by atoms with Crippen LogP contribution in [0.1, 0.15) is 35.8 Å². The molecule has 0 aliphatic heterocycles. The third-order valence-corrected chi connectivity index (χ3v) is 4.67. The lowest BCUT2D eigenvalue weighted by molar-refractivity contribution is 0.0955. The number of benzene rings is 2. The summed E-state index contributed by atoms with van der Waals surface area (Å²) in [5.41, 5.74) is 3.52. The first-order valence-electron chi connectivity index (χ1n) is 9.56. The second-order valence-electron chi connectivity index (χ2n) is 6.69. The molecule has 7 heteroatoms. The van der Waals surface area contributed by atoms with Gasteiger partial charge >= 0.3 is 0 Å². The summed E-state index contributed by atoms with van der Waals surface area (Å²) in [5, 5.41) is 6.14. The summed E-state index contributed by atoms with van der Waals surface area (Å²) < 4.78 is 1.93. The molecule has 0 aliphatic rings. The highest BCUT2D eigenvalue weighted by atomic mass is 16.1. The highest BCUT2D eigenvalue weighted by Crippen LogP contribution is 2.20. The fourth-order valence-corrected chi connectivity index (χ4v) is 3.18. The minimum atomic E-state index is -0.0771. The van der Waals surface area contributed by atoms with Crippen molar-refractivity contribution in [3.05, 3.63) is 78.2 Å². The molecule has 146 valence electrons. The largest absolute Gasteiger partial charge is 0.352 e. The number of fused-ring (bicyclic) bond motifs is 1. The first-order valence-corrected chi connectivity index (χ1v) is 9.56. The van der Waals surface area contributed by atoms with E-state index in [2.05, 4.69) is 25.6 Å². The van der Waals surface area contributed by atoms with Gasteiger partial charge < -0.3 is 10.6 Å². The predicted octanol–water partition coefficient (Wildman–Crippen LogP) is 3.74. The van der Waals surface area contributed by atoms with Crippen molar-refractivity contribution in [3.63, 3.8) is 0 Å². The maximum absolute atomic E-state index is 12.1. The van der Waals surface area contributed by atoms with Gasteiger partial charge in [-0.3, -0.25) is 9.36 Å². The molecule has 1 atom stereocenters. The highest BCUT2D eigenvalue weighted by Gasteiger charge is 2.12. The average Bonchev–Trinajstić information content (AvgIpc) is 3.18. The molecule has 0 saturated heterocycles. The van der Waals surface area contributed by atoms with Gasteiger partial charge in [0.2, 0.25) is 5.95 Å². The molecule has 2 heterocycles. The summed E-state index contributed by atoms with van der Waals surface area (Å²) in [6.45, 7) is 4.51. The first-order chi connectivity index (χ1) is 14.2. The van der Waals surface area contributed by atoms with Crippen LogP contribution in [0.5, 0.6) is 0 Å². The van der Waals surface area contributed by atoms with Crippen molar-refractivity contribution in [2.24, 2.45) is 0 Å². The standard InChI is InChI=1S/C22H22N6O/c1-3-23-21(29)17-8-6-7-16(13-17)15(2)26-22-24-12-11-20(27-22)28-14-25-18-9-4-5-10-19(18)28/h4-15H,3H2,1-2H3,(H,23,29)(H,24,26,27)/t15-/m0/s1. The molecule has 7 nitrogen and oxygen atoms in total. The summed E-state index contributed by atoms with van der Waals surface area (Å²) in [6.07, 6.45) is 3.48. The Hall–Kier alpha value is -3.74. The summed E-state index contributed by atoms with van der Waals surface area (Å²) in [6, 6.07) is 17.2. The van der Waals surface area contributed by atoms with Gasteiger partial charge in [-0.15, -0.1) is 0 Å². The van der Waals surface area contributed by atoms with E-state index in [1.807, 2.05) is 73.0 Å². The topological polar surface area (TPSA) is 84.7 Å². The number of amides is 1. The Balaban J connectivity index is 1.57. The summed E-state index contributed by atoms with van der Waals surface area (Å²) in [5.74, 6) is 1.17. The molecule has 0 fully saturated rings. The Morgan fingerprint density at radius 2 is 1.97 bits per heavy atom. The molecular formula is C22H22N6O. The third-order valence-electron chi connectivity index (χ3n) is 4.67. The lowest BCUT2D eigenvalue weighted by Gasteiger charge is -2.16. The van der Waals surface area contributed by atoms with Crippen molar-refractivity contribution in [3.8, 4) is 5.82 Å². The Labute approximate surface area is 168 Å². The molecule has 0 spiro atoms. The number of rotatable bonds is 6. The van der Waals surface area contributed by atoms with E-state index in [9.17, 15) is 4.79 Å². The number of para-hydroxylation sites is 2. The molecular weight excluding hydrogens is 364 g/mol. The summed E-state index contributed by atoms with van der Waals surface area (Å²) >= 11 is 0. The zero-order valence-corrected chi connectivity index (χ0v) is 16.3. The molecule has 0 bridgehead atoms. The quantitative estimate of drug-likeness (QED) is 0.527. The number of carbonyl (C=O) groups is 1. The van der Waals surface area contributed by atoms with E-state index < -0.39 is 0 Å². The number of carbonyl (C=O) groups excluding carboxylic acids is 1. The molecule has 2 aromatic heterocycles. The van der Waals surface area contributed by atoms with Crippen LogP contribution in [0, 0.1) is 0 Å². The van der Waals surface area contributed by atoms with Crippen molar-refractivity contribution >= 4 is 22.9 Å². The lowest BCUT2D eigenvalue weighted by Crippen LogP contribution is -2.23. The average molecular weight is 386 g/mol. The van der Waals surface area contributed by atoms with Gasteiger partial charge in [0.25, 0.3) is 5.91 Å². The van der Waals surface area contributed by atoms with Gasteiger partial charge in [-0.05, 0) is 49.7 Å². The van der Waals surface area contributed by atoms with Crippen molar-refractivity contribution in [2.75, 3.05) is 11.9 Å². The molecule has 0 saturated carbocycles. The smallest absolute Gasteiger partial charge is 0.251 e. The molecule has 1 amide bonds. The predicted molar refractivity (Wildman–Crippen MR) is 113 cm³/mol. The van der Waals surface area contributed by atoms with Crippen LogP contribution in [-0.4, -0.2) is 32.0 Å². The van der Waals surface area contributed by atoms with Crippen LogP contribution in [0.15, 0.2) is 67.1 Å². The van der Waals surface area contributed by atoms with E-state index in [-0.39, 0.29) is 11.9 Å². The SMILES string of the molecule is CCNC(=O)c1cccc([C@H](C)Nc2nccc(-n3cnc4ccccc43)n2)c1. The first kappa shape index (κ1) is 18.6. The number of anilines is 1. The molecule has 0 aliphatic carbocycles. The number of hydrogen-bond donors (Lipinski definition) is 2. The monoisotopic (exact) mass is 386 g/mol. The lowest BCUT2D eigenvalue weighted by atomic mass is 10.0.